The summed E-state index contributed by atoms with van der Waals surface area (Å²) >= 11 is 6.33. The Bertz CT molecular complexity index is 979. The molecular formula is C16H15ClN6. The number of fused-ring (bicyclic) bond motifs is 1. The Morgan fingerprint density at radius 3 is 2.70 bits per heavy atom. The van der Waals surface area contributed by atoms with E-state index in [0.29, 0.717) is 11.7 Å². The lowest BCUT2D eigenvalue weighted by Gasteiger charge is -2.01. The SMILES string of the molecule is Cc1nn(C)c(Cl)c1-c1nc2c(cnn2Cc2ccccc2)[nH]1. The minimum Gasteiger partial charge on any atom is -0.335 e. The minimum atomic E-state index is 0.571. The zero-order valence-electron chi connectivity index (χ0n) is 12.8. The third-order valence-corrected chi connectivity index (χ3v) is 4.28. The molecule has 116 valence electrons. The van der Waals surface area contributed by atoms with E-state index in [1.807, 2.05) is 36.9 Å². The number of nitrogens with one attached hydrogen (secondary N) is 1. The van der Waals surface area contributed by atoms with Gasteiger partial charge in [0.25, 0.3) is 0 Å². The maximum atomic E-state index is 6.33. The standard InChI is InChI=1S/C16H15ClN6/c1-10-13(14(17)22(2)21-10)15-19-12-8-18-23(16(12)20-15)9-11-6-4-3-5-7-11/h3-8H,9H2,1-2H3,(H,19,20). The van der Waals surface area contributed by atoms with E-state index in [9.17, 15) is 0 Å². The lowest BCUT2D eigenvalue weighted by molar-refractivity contribution is 0.704. The van der Waals surface area contributed by atoms with Crippen molar-refractivity contribution in [2.24, 2.45) is 7.05 Å². The number of aromatic nitrogens is 6. The number of halogens is 1. The van der Waals surface area contributed by atoms with E-state index in [1.54, 1.807) is 10.9 Å². The third-order valence-electron chi connectivity index (χ3n) is 3.85. The summed E-state index contributed by atoms with van der Waals surface area (Å²) in [4.78, 5) is 7.96. The summed E-state index contributed by atoms with van der Waals surface area (Å²) in [6.07, 6.45) is 1.79. The monoisotopic (exact) mass is 326 g/mol. The molecule has 0 fully saturated rings. The predicted octanol–water partition coefficient (Wildman–Crippen LogP) is 3.17. The van der Waals surface area contributed by atoms with Gasteiger partial charge in [-0.05, 0) is 12.5 Å². The molecule has 1 N–H and O–H groups in total. The highest BCUT2D eigenvalue weighted by Gasteiger charge is 2.18. The van der Waals surface area contributed by atoms with Crippen molar-refractivity contribution in [3.05, 3.63) is 52.9 Å². The molecule has 0 amide bonds. The Morgan fingerprint density at radius 2 is 2.00 bits per heavy atom. The maximum Gasteiger partial charge on any atom is 0.177 e. The van der Waals surface area contributed by atoms with Crippen LogP contribution in [0.15, 0.2) is 36.5 Å². The van der Waals surface area contributed by atoms with Crippen molar-refractivity contribution in [1.29, 1.82) is 0 Å². The Morgan fingerprint density at radius 1 is 1.22 bits per heavy atom. The molecule has 7 heteroatoms. The topological polar surface area (TPSA) is 64.3 Å². The number of aryl methyl sites for hydroxylation is 2. The summed E-state index contributed by atoms with van der Waals surface area (Å²) in [6, 6.07) is 10.2. The summed E-state index contributed by atoms with van der Waals surface area (Å²) in [5.74, 6) is 0.717. The van der Waals surface area contributed by atoms with E-state index >= 15 is 0 Å². The zero-order valence-corrected chi connectivity index (χ0v) is 13.5. The highest BCUT2D eigenvalue weighted by atomic mass is 35.5. The second-order valence-corrected chi connectivity index (χ2v) is 5.84. The van der Waals surface area contributed by atoms with Crippen LogP contribution >= 0.6 is 11.6 Å². The van der Waals surface area contributed by atoms with Gasteiger partial charge in [-0.15, -0.1) is 0 Å². The molecule has 0 saturated carbocycles. The highest BCUT2D eigenvalue weighted by molar-refractivity contribution is 6.32. The molecule has 0 aliphatic carbocycles. The average molecular weight is 327 g/mol. The number of imidazole rings is 1. The fourth-order valence-corrected chi connectivity index (χ4v) is 3.00. The van der Waals surface area contributed by atoms with Gasteiger partial charge in [0.1, 0.15) is 16.5 Å². The number of hydrogen-bond donors (Lipinski definition) is 1. The van der Waals surface area contributed by atoms with Crippen LogP contribution in [0.1, 0.15) is 11.3 Å². The molecule has 0 atom stereocenters. The van der Waals surface area contributed by atoms with Crippen LogP contribution in [0.4, 0.5) is 0 Å². The number of rotatable bonds is 3. The van der Waals surface area contributed by atoms with Crippen LogP contribution < -0.4 is 0 Å². The lowest BCUT2D eigenvalue weighted by Crippen LogP contribution is -2.01. The molecule has 3 aromatic heterocycles. The smallest absolute Gasteiger partial charge is 0.177 e. The molecule has 0 aliphatic heterocycles. The summed E-state index contributed by atoms with van der Waals surface area (Å²) in [5.41, 5.74) is 4.55. The quantitative estimate of drug-likeness (QED) is 0.629. The van der Waals surface area contributed by atoms with Crippen molar-refractivity contribution in [2.45, 2.75) is 13.5 Å². The van der Waals surface area contributed by atoms with Gasteiger partial charge in [0.2, 0.25) is 0 Å². The molecule has 23 heavy (non-hydrogen) atoms. The molecule has 0 saturated heterocycles. The van der Waals surface area contributed by atoms with E-state index in [0.717, 1.165) is 28.2 Å². The Hall–Kier alpha value is -2.60. The number of aromatic amines is 1. The molecule has 0 bridgehead atoms. The van der Waals surface area contributed by atoms with E-state index in [2.05, 4.69) is 32.3 Å². The first-order valence-corrected chi connectivity index (χ1v) is 7.66. The lowest BCUT2D eigenvalue weighted by atomic mass is 10.2. The molecule has 1 aromatic carbocycles. The molecule has 4 rings (SSSR count). The van der Waals surface area contributed by atoms with Crippen molar-refractivity contribution in [3.63, 3.8) is 0 Å². The molecule has 0 aliphatic rings. The first kappa shape index (κ1) is 14.0. The first-order chi connectivity index (χ1) is 11.1. The van der Waals surface area contributed by atoms with Crippen LogP contribution in [0.25, 0.3) is 22.6 Å². The fourth-order valence-electron chi connectivity index (χ4n) is 2.74. The van der Waals surface area contributed by atoms with Crippen LogP contribution in [0.2, 0.25) is 5.15 Å². The number of nitrogens with zero attached hydrogens (tertiary/aromatic N) is 5. The van der Waals surface area contributed by atoms with E-state index in [1.165, 1.54) is 5.56 Å². The molecule has 0 radical (unpaired) electrons. The first-order valence-electron chi connectivity index (χ1n) is 7.28. The van der Waals surface area contributed by atoms with Crippen molar-refractivity contribution >= 4 is 22.8 Å². The van der Waals surface area contributed by atoms with Gasteiger partial charge >= 0.3 is 0 Å². The molecule has 6 nitrogen and oxygen atoms in total. The highest BCUT2D eigenvalue weighted by Crippen LogP contribution is 2.30. The largest absolute Gasteiger partial charge is 0.335 e. The third kappa shape index (κ3) is 2.31. The summed E-state index contributed by atoms with van der Waals surface area (Å²) < 4.78 is 3.53. The molecular weight excluding hydrogens is 312 g/mol. The second kappa shape index (κ2) is 5.24. The molecule has 4 aromatic rings. The van der Waals surface area contributed by atoms with E-state index < -0.39 is 0 Å². The van der Waals surface area contributed by atoms with Gasteiger partial charge in [0, 0.05) is 7.05 Å². The second-order valence-electron chi connectivity index (χ2n) is 5.49. The van der Waals surface area contributed by atoms with Gasteiger partial charge in [0.05, 0.1) is 24.0 Å². The normalized spacial score (nSPS) is 11.4. The van der Waals surface area contributed by atoms with Crippen molar-refractivity contribution in [2.75, 3.05) is 0 Å². The van der Waals surface area contributed by atoms with E-state index in [4.69, 9.17) is 11.6 Å². The molecule has 3 heterocycles. The van der Waals surface area contributed by atoms with Crippen molar-refractivity contribution in [3.8, 4) is 11.4 Å². The van der Waals surface area contributed by atoms with Crippen molar-refractivity contribution in [1.82, 2.24) is 29.5 Å². The van der Waals surface area contributed by atoms with Crippen LogP contribution in [-0.4, -0.2) is 29.5 Å². The van der Waals surface area contributed by atoms with Gasteiger partial charge in [0.15, 0.2) is 5.65 Å². The number of benzene rings is 1. The van der Waals surface area contributed by atoms with Crippen LogP contribution in [0, 0.1) is 6.92 Å². The summed E-state index contributed by atoms with van der Waals surface area (Å²) in [6.45, 7) is 2.60. The fraction of sp³-hybridized carbons (Fsp3) is 0.188. The van der Waals surface area contributed by atoms with Gasteiger partial charge in [-0.25, -0.2) is 9.67 Å². The van der Waals surface area contributed by atoms with Crippen LogP contribution in [-0.2, 0) is 13.6 Å². The Labute approximate surface area is 137 Å². The van der Waals surface area contributed by atoms with Gasteiger partial charge in [-0.2, -0.15) is 10.2 Å². The molecule has 0 spiro atoms. The van der Waals surface area contributed by atoms with Gasteiger partial charge < -0.3 is 4.98 Å². The zero-order chi connectivity index (χ0) is 16.0. The average Bonchev–Trinajstić information content (AvgIpc) is 3.16. The molecule has 0 unspecified atom stereocenters. The summed E-state index contributed by atoms with van der Waals surface area (Å²) in [7, 11) is 1.82. The predicted molar refractivity (Wildman–Crippen MR) is 89.4 cm³/mol. The Kier molecular flexibility index (Phi) is 3.20. The maximum absolute atomic E-state index is 6.33. The van der Waals surface area contributed by atoms with E-state index in [-0.39, 0.29) is 0 Å². The van der Waals surface area contributed by atoms with Crippen molar-refractivity contribution < 1.29 is 0 Å². The van der Waals surface area contributed by atoms with Crippen LogP contribution in [0.3, 0.4) is 0 Å². The van der Waals surface area contributed by atoms with Gasteiger partial charge in [-0.1, -0.05) is 41.9 Å². The van der Waals surface area contributed by atoms with Crippen LogP contribution in [0.5, 0.6) is 0 Å². The number of H-pyrrole nitrogens is 1. The van der Waals surface area contributed by atoms with Gasteiger partial charge in [-0.3, -0.25) is 4.68 Å². The Balaban J connectivity index is 1.77. The number of hydrogen-bond acceptors (Lipinski definition) is 3. The minimum absolute atomic E-state index is 0.571. The summed E-state index contributed by atoms with van der Waals surface area (Å²) in [5, 5.41) is 9.31.